The van der Waals surface area contributed by atoms with Crippen LogP contribution in [-0.4, -0.2) is 23.2 Å². The topological polar surface area (TPSA) is 65.1 Å². The van der Waals surface area contributed by atoms with Crippen LogP contribution in [0.5, 0.6) is 0 Å². The van der Waals surface area contributed by atoms with E-state index in [0.29, 0.717) is 6.54 Å². The van der Waals surface area contributed by atoms with Crippen molar-refractivity contribution in [3.05, 3.63) is 40.3 Å². The summed E-state index contributed by atoms with van der Waals surface area (Å²) in [5.41, 5.74) is 1.03. The second-order valence-electron chi connectivity index (χ2n) is 3.44. The van der Waals surface area contributed by atoms with E-state index in [1.165, 1.54) is 4.88 Å². The lowest BCUT2D eigenvalue weighted by molar-refractivity contribution is 0.794. The molecule has 2 aromatic rings. The fourth-order valence-corrected chi connectivity index (χ4v) is 2.01. The van der Waals surface area contributed by atoms with Crippen molar-refractivity contribution in [1.29, 1.82) is 0 Å². The lowest BCUT2D eigenvalue weighted by Gasteiger charge is -2.10. The maximum absolute atomic E-state index is 4.15. The van der Waals surface area contributed by atoms with E-state index in [0.717, 1.165) is 18.2 Å². The fourth-order valence-electron chi connectivity index (χ4n) is 1.37. The Hall–Kier alpha value is -1.82. The molecule has 2 heterocycles. The number of aromatic nitrogens is 2. The van der Waals surface area contributed by atoms with Gasteiger partial charge >= 0.3 is 0 Å². The SMILES string of the molecule is CN=C(NCc1ccn[nH]1)NCc1cccs1. The van der Waals surface area contributed by atoms with Gasteiger partial charge in [0.1, 0.15) is 0 Å². The zero-order chi connectivity index (χ0) is 11.9. The average Bonchev–Trinajstić information content (AvgIpc) is 3.02. The largest absolute Gasteiger partial charge is 0.352 e. The molecule has 5 nitrogen and oxygen atoms in total. The second-order valence-corrected chi connectivity index (χ2v) is 4.47. The van der Waals surface area contributed by atoms with E-state index in [9.17, 15) is 0 Å². The molecule has 17 heavy (non-hydrogen) atoms. The number of hydrogen-bond acceptors (Lipinski definition) is 3. The van der Waals surface area contributed by atoms with Crippen molar-refractivity contribution in [2.24, 2.45) is 4.99 Å². The van der Waals surface area contributed by atoms with Crippen molar-refractivity contribution in [1.82, 2.24) is 20.8 Å². The van der Waals surface area contributed by atoms with E-state index in [4.69, 9.17) is 0 Å². The molecule has 0 aliphatic heterocycles. The van der Waals surface area contributed by atoms with Gasteiger partial charge in [-0.1, -0.05) is 6.07 Å². The predicted molar refractivity (Wildman–Crippen MR) is 69.9 cm³/mol. The maximum Gasteiger partial charge on any atom is 0.191 e. The van der Waals surface area contributed by atoms with Gasteiger partial charge in [0.05, 0.1) is 18.8 Å². The van der Waals surface area contributed by atoms with Crippen LogP contribution in [0.1, 0.15) is 10.6 Å². The first kappa shape index (κ1) is 11.7. The Balaban J connectivity index is 1.77. The maximum atomic E-state index is 4.15. The van der Waals surface area contributed by atoms with Gasteiger partial charge in [0.25, 0.3) is 0 Å². The highest BCUT2D eigenvalue weighted by molar-refractivity contribution is 7.09. The van der Waals surface area contributed by atoms with E-state index < -0.39 is 0 Å². The summed E-state index contributed by atoms with van der Waals surface area (Å²) in [6.45, 7) is 1.48. The van der Waals surface area contributed by atoms with Crippen LogP contribution in [0.15, 0.2) is 34.8 Å². The van der Waals surface area contributed by atoms with Crippen molar-refractivity contribution in [2.75, 3.05) is 7.05 Å². The van der Waals surface area contributed by atoms with Gasteiger partial charge in [-0.3, -0.25) is 10.1 Å². The van der Waals surface area contributed by atoms with E-state index in [1.807, 2.05) is 12.1 Å². The van der Waals surface area contributed by atoms with Gasteiger partial charge in [0, 0.05) is 18.1 Å². The van der Waals surface area contributed by atoms with Crippen molar-refractivity contribution in [3.8, 4) is 0 Å². The molecule has 0 aliphatic rings. The molecule has 0 saturated carbocycles. The highest BCUT2D eigenvalue weighted by Crippen LogP contribution is 2.07. The lowest BCUT2D eigenvalue weighted by Crippen LogP contribution is -2.36. The summed E-state index contributed by atoms with van der Waals surface area (Å²) in [7, 11) is 1.76. The van der Waals surface area contributed by atoms with E-state index in [2.05, 4.69) is 37.3 Å². The van der Waals surface area contributed by atoms with Gasteiger partial charge < -0.3 is 10.6 Å². The fraction of sp³-hybridized carbons (Fsp3) is 0.273. The Morgan fingerprint density at radius 1 is 1.41 bits per heavy atom. The summed E-state index contributed by atoms with van der Waals surface area (Å²) in [6.07, 6.45) is 1.73. The Morgan fingerprint density at radius 2 is 2.29 bits per heavy atom. The first-order valence-corrected chi connectivity index (χ1v) is 6.21. The van der Waals surface area contributed by atoms with Crippen LogP contribution in [0, 0.1) is 0 Å². The van der Waals surface area contributed by atoms with Crippen LogP contribution in [0.25, 0.3) is 0 Å². The lowest BCUT2D eigenvalue weighted by atomic mass is 10.4. The molecule has 2 rings (SSSR count). The highest BCUT2D eigenvalue weighted by atomic mass is 32.1. The van der Waals surface area contributed by atoms with Crippen molar-refractivity contribution in [2.45, 2.75) is 13.1 Å². The molecule has 0 saturated heterocycles. The quantitative estimate of drug-likeness (QED) is 0.566. The van der Waals surface area contributed by atoms with Crippen molar-refractivity contribution >= 4 is 17.3 Å². The Labute approximate surface area is 104 Å². The zero-order valence-corrected chi connectivity index (χ0v) is 10.4. The van der Waals surface area contributed by atoms with Gasteiger partial charge in [-0.2, -0.15) is 5.10 Å². The third-order valence-electron chi connectivity index (χ3n) is 2.24. The van der Waals surface area contributed by atoms with E-state index in [-0.39, 0.29) is 0 Å². The minimum Gasteiger partial charge on any atom is -0.352 e. The molecule has 0 amide bonds. The number of nitrogens with zero attached hydrogens (tertiary/aromatic N) is 2. The molecule has 90 valence electrons. The predicted octanol–water partition coefficient (Wildman–Crippen LogP) is 1.34. The molecule has 0 atom stereocenters. The number of rotatable bonds is 4. The number of aliphatic imine (C=N–C) groups is 1. The van der Waals surface area contributed by atoms with Crippen LogP contribution in [0.2, 0.25) is 0 Å². The van der Waals surface area contributed by atoms with Gasteiger partial charge in [0.15, 0.2) is 5.96 Å². The smallest absolute Gasteiger partial charge is 0.191 e. The third kappa shape index (κ3) is 3.60. The number of nitrogens with one attached hydrogen (secondary N) is 3. The number of aromatic amines is 1. The Morgan fingerprint density at radius 3 is 2.94 bits per heavy atom. The summed E-state index contributed by atoms with van der Waals surface area (Å²) in [5.74, 6) is 0.785. The first-order chi connectivity index (χ1) is 8.38. The standard InChI is InChI=1S/C11H15N5S/c1-12-11(13-7-9-4-5-15-16-9)14-8-10-3-2-6-17-10/h2-6H,7-8H2,1H3,(H,15,16)(H2,12,13,14). The van der Waals surface area contributed by atoms with Crippen molar-refractivity contribution < 1.29 is 0 Å². The van der Waals surface area contributed by atoms with Gasteiger partial charge in [-0.05, 0) is 17.5 Å². The van der Waals surface area contributed by atoms with E-state index >= 15 is 0 Å². The molecular weight excluding hydrogens is 234 g/mol. The normalized spacial score (nSPS) is 11.5. The molecule has 0 fully saturated rings. The van der Waals surface area contributed by atoms with Crippen molar-refractivity contribution in [3.63, 3.8) is 0 Å². The summed E-state index contributed by atoms with van der Waals surface area (Å²) < 4.78 is 0. The van der Waals surface area contributed by atoms with Crippen LogP contribution in [-0.2, 0) is 13.1 Å². The van der Waals surface area contributed by atoms with Crippen LogP contribution in [0.3, 0.4) is 0 Å². The van der Waals surface area contributed by atoms with Gasteiger partial charge in [0.2, 0.25) is 0 Å². The summed E-state index contributed by atoms with van der Waals surface area (Å²) in [5, 5.41) is 15.3. The molecule has 0 bridgehead atoms. The Bertz CT molecular complexity index is 406. The number of H-pyrrole nitrogens is 1. The Kier molecular flexibility index (Phi) is 4.15. The second kappa shape index (κ2) is 6.05. The summed E-state index contributed by atoms with van der Waals surface area (Å²) >= 11 is 1.73. The molecular formula is C11H15N5S. The summed E-state index contributed by atoms with van der Waals surface area (Å²) in [6, 6.07) is 6.07. The minimum absolute atomic E-state index is 0.685. The average molecular weight is 249 g/mol. The van der Waals surface area contributed by atoms with Crippen LogP contribution in [0.4, 0.5) is 0 Å². The zero-order valence-electron chi connectivity index (χ0n) is 9.60. The highest BCUT2D eigenvalue weighted by Gasteiger charge is 1.99. The monoisotopic (exact) mass is 249 g/mol. The van der Waals surface area contributed by atoms with Crippen LogP contribution >= 0.6 is 11.3 Å². The third-order valence-corrected chi connectivity index (χ3v) is 3.11. The molecule has 3 N–H and O–H groups in total. The number of hydrogen-bond donors (Lipinski definition) is 3. The number of guanidine groups is 1. The molecule has 0 aromatic carbocycles. The molecule has 0 spiro atoms. The number of thiophene rings is 1. The van der Waals surface area contributed by atoms with Gasteiger partial charge in [-0.15, -0.1) is 11.3 Å². The molecule has 0 unspecified atom stereocenters. The van der Waals surface area contributed by atoms with Gasteiger partial charge in [-0.25, -0.2) is 0 Å². The molecule has 2 aromatic heterocycles. The van der Waals surface area contributed by atoms with Crippen LogP contribution < -0.4 is 10.6 Å². The summed E-state index contributed by atoms with van der Waals surface area (Å²) in [4.78, 5) is 5.44. The molecule has 0 aliphatic carbocycles. The minimum atomic E-state index is 0.685. The molecule has 0 radical (unpaired) electrons. The molecule has 6 heteroatoms. The van der Waals surface area contributed by atoms with E-state index in [1.54, 1.807) is 24.6 Å². The first-order valence-electron chi connectivity index (χ1n) is 5.33.